The first kappa shape index (κ1) is 12.7. The number of pyridine rings is 1. The maximum absolute atomic E-state index is 12.4. The lowest BCUT2D eigenvalue weighted by atomic mass is 10.2. The van der Waals surface area contributed by atoms with Crippen LogP contribution in [0.1, 0.15) is 22.5 Å². The van der Waals surface area contributed by atoms with Gasteiger partial charge in [0.2, 0.25) is 0 Å². The van der Waals surface area contributed by atoms with Crippen LogP contribution < -0.4 is 5.73 Å². The van der Waals surface area contributed by atoms with Crippen LogP contribution in [0.15, 0.2) is 6.20 Å². The zero-order chi connectivity index (χ0) is 12.5. The molecule has 6 nitrogen and oxygen atoms in total. The molecule has 0 unspecified atom stereocenters. The molecular formula is C7H4F2IN3O3. The standard InChI is InChI=1S/C7H4F2IN3O3/c8-6(9)2-1-12-4(7(11)14)3(10)5(2)13(15)16/h1,6H,(H2,11,14). The summed E-state index contributed by atoms with van der Waals surface area (Å²) in [7, 11) is 0. The van der Waals surface area contributed by atoms with Crippen molar-refractivity contribution in [2.45, 2.75) is 6.43 Å². The Balaban J connectivity index is 3.54. The summed E-state index contributed by atoms with van der Waals surface area (Å²) in [6.45, 7) is 0. The highest BCUT2D eigenvalue weighted by molar-refractivity contribution is 14.1. The minimum absolute atomic E-state index is 0.284. The lowest BCUT2D eigenvalue weighted by Gasteiger charge is -2.05. The van der Waals surface area contributed by atoms with Crippen LogP contribution >= 0.6 is 22.6 Å². The monoisotopic (exact) mass is 343 g/mol. The molecule has 0 aliphatic heterocycles. The molecule has 1 heterocycles. The SMILES string of the molecule is NC(=O)c1ncc(C(F)F)c([N+](=O)[O-])c1I. The van der Waals surface area contributed by atoms with E-state index in [4.69, 9.17) is 5.73 Å². The van der Waals surface area contributed by atoms with E-state index in [1.54, 1.807) is 0 Å². The molecule has 1 aromatic rings. The van der Waals surface area contributed by atoms with Gasteiger partial charge in [0.1, 0.15) is 14.8 Å². The summed E-state index contributed by atoms with van der Waals surface area (Å²) in [4.78, 5) is 23.8. The van der Waals surface area contributed by atoms with Gasteiger partial charge in [-0.3, -0.25) is 14.9 Å². The van der Waals surface area contributed by atoms with Gasteiger partial charge in [-0.1, -0.05) is 0 Å². The van der Waals surface area contributed by atoms with Gasteiger partial charge in [-0.25, -0.2) is 13.8 Å². The number of carbonyl (C=O) groups excluding carboxylic acids is 1. The van der Waals surface area contributed by atoms with Gasteiger partial charge in [0.25, 0.3) is 18.0 Å². The average molecular weight is 343 g/mol. The van der Waals surface area contributed by atoms with Crippen molar-refractivity contribution in [3.8, 4) is 0 Å². The largest absolute Gasteiger partial charge is 0.364 e. The Kier molecular flexibility index (Phi) is 3.67. The van der Waals surface area contributed by atoms with E-state index >= 15 is 0 Å². The fourth-order valence-corrected chi connectivity index (χ4v) is 1.92. The highest BCUT2D eigenvalue weighted by Gasteiger charge is 2.29. The predicted octanol–water partition coefficient (Wildman–Crippen LogP) is 1.63. The third-order valence-electron chi connectivity index (χ3n) is 1.67. The average Bonchev–Trinajstić information content (AvgIpc) is 2.15. The van der Waals surface area contributed by atoms with Crippen LogP contribution in [0, 0.1) is 13.7 Å². The molecule has 0 bridgehead atoms. The maximum atomic E-state index is 12.4. The first-order chi connectivity index (χ1) is 7.36. The van der Waals surface area contributed by atoms with Gasteiger partial charge >= 0.3 is 0 Å². The van der Waals surface area contributed by atoms with Gasteiger partial charge in [0, 0.05) is 6.20 Å². The maximum Gasteiger partial charge on any atom is 0.295 e. The molecule has 1 amide bonds. The quantitative estimate of drug-likeness (QED) is 0.512. The Labute approximate surface area is 101 Å². The number of nitro groups is 1. The van der Waals surface area contributed by atoms with Crippen LogP contribution in [-0.4, -0.2) is 15.8 Å². The molecular weight excluding hydrogens is 339 g/mol. The van der Waals surface area contributed by atoms with E-state index in [-0.39, 0.29) is 3.57 Å². The van der Waals surface area contributed by atoms with Crippen LogP contribution in [0.3, 0.4) is 0 Å². The number of nitrogens with zero attached hydrogens (tertiary/aromatic N) is 2. The van der Waals surface area contributed by atoms with Crippen LogP contribution in [-0.2, 0) is 0 Å². The zero-order valence-corrected chi connectivity index (χ0v) is 9.64. The number of hydrogen-bond donors (Lipinski definition) is 1. The molecule has 0 atom stereocenters. The molecule has 9 heteroatoms. The van der Waals surface area contributed by atoms with Crippen molar-refractivity contribution in [3.05, 3.63) is 31.1 Å². The van der Waals surface area contributed by atoms with E-state index < -0.39 is 34.2 Å². The Morgan fingerprint density at radius 1 is 1.62 bits per heavy atom. The highest BCUT2D eigenvalue weighted by atomic mass is 127. The number of amides is 1. The van der Waals surface area contributed by atoms with Crippen molar-refractivity contribution in [1.29, 1.82) is 0 Å². The zero-order valence-electron chi connectivity index (χ0n) is 7.49. The summed E-state index contributed by atoms with van der Waals surface area (Å²) in [5.41, 5.74) is 2.83. The van der Waals surface area contributed by atoms with Crippen molar-refractivity contribution in [2.75, 3.05) is 0 Å². The number of halogens is 3. The second-order valence-corrected chi connectivity index (χ2v) is 3.73. The van der Waals surface area contributed by atoms with E-state index in [9.17, 15) is 23.7 Å². The number of carbonyl (C=O) groups is 1. The molecule has 0 aliphatic rings. The van der Waals surface area contributed by atoms with E-state index in [1.807, 2.05) is 0 Å². The van der Waals surface area contributed by atoms with Crippen LogP contribution in [0.5, 0.6) is 0 Å². The minimum atomic E-state index is -3.04. The lowest BCUT2D eigenvalue weighted by Crippen LogP contribution is -2.16. The van der Waals surface area contributed by atoms with Gasteiger partial charge in [-0.15, -0.1) is 0 Å². The number of nitrogens with two attached hydrogens (primary N) is 1. The fraction of sp³-hybridized carbons (Fsp3) is 0.143. The second kappa shape index (κ2) is 4.63. The third-order valence-corrected chi connectivity index (χ3v) is 2.69. The molecule has 0 fully saturated rings. The van der Waals surface area contributed by atoms with Crippen molar-refractivity contribution < 1.29 is 18.5 Å². The molecule has 1 aromatic heterocycles. The molecule has 0 aliphatic carbocycles. The van der Waals surface area contributed by atoms with Crippen LogP contribution in [0.25, 0.3) is 0 Å². The second-order valence-electron chi connectivity index (χ2n) is 2.65. The first-order valence-electron chi connectivity index (χ1n) is 3.77. The topological polar surface area (TPSA) is 99.1 Å². The summed E-state index contributed by atoms with van der Waals surface area (Å²) in [6.07, 6.45) is -2.45. The van der Waals surface area contributed by atoms with E-state index in [0.717, 1.165) is 0 Å². The minimum Gasteiger partial charge on any atom is -0.364 e. The van der Waals surface area contributed by atoms with Gasteiger partial charge in [-0.2, -0.15) is 0 Å². The molecule has 0 aromatic carbocycles. The molecule has 16 heavy (non-hydrogen) atoms. The summed E-state index contributed by atoms with van der Waals surface area (Å²) in [5, 5.41) is 10.6. The van der Waals surface area contributed by atoms with E-state index in [2.05, 4.69) is 4.98 Å². The van der Waals surface area contributed by atoms with E-state index in [0.29, 0.717) is 6.20 Å². The van der Waals surface area contributed by atoms with Crippen molar-refractivity contribution in [3.63, 3.8) is 0 Å². The lowest BCUT2D eigenvalue weighted by molar-refractivity contribution is -0.387. The van der Waals surface area contributed by atoms with Gasteiger partial charge in [-0.05, 0) is 22.6 Å². The molecule has 0 saturated carbocycles. The Morgan fingerprint density at radius 2 is 2.19 bits per heavy atom. The van der Waals surface area contributed by atoms with E-state index in [1.165, 1.54) is 22.6 Å². The number of aromatic nitrogens is 1. The van der Waals surface area contributed by atoms with Crippen molar-refractivity contribution in [2.24, 2.45) is 5.73 Å². The van der Waals surface area contributed by atoms with Gasteiger partial charge in [0.15, 0.2) is 0 Å². The molecule has 2 N–H and O–H groups in total. The van der Waals surface area contributed by atoms with Crippen molar-refractivity contribution in [1.82, 2.24) is 4.98 Å². The smallest absolute Gasteiger partial charge is 0.295 e. The van der Waals surface area contributed by atoms with Gasteiger partial charge in [0.05, 0.1) is 4.92 Å². The Morgan fingerprint density at radius 3 is 2.56 bits per heavy atom. The number of alkyl halides is 2. The number of rotatable bonds is 3. The number of hydrogen-bond acceptors (Lipinski definition) is 4. The number of primary amides is 1. The first-order valence-corrected chi connectivity index (χ1v) is 4.84. The summed E-state index contributed by atoms with van der Waals surface area (Å²) in [6, 6.07) is 0. The third kappa shape index (κ3) is 2.23. The van der Waals surface area contributed by atoms with Crippen LogP contribution in [0.4, 0.5) is 14.5 Å². The molecule has 0 radical (unpaired) electrons. The fourth-order valence-electron chi connectivity index (χ4n) is 1.01. The summed E-state index contributed by atoms with van der Waals surface area (Å²) < 4.78 is 24.6. The molecule has 0 saturated heterocycles. The molecule has 86 valence electrons. The summed E-state index contributed by atoms with van der Waals surface area (Å²) >= 11 is 1.39. The molecule has 0 spiro atoms. The molecule has 1 rings (SSSR count). The predicted molar refractivity (Wildman–Crippen MR) is 57.1 cm³/mol. The Hall–Kier alpha value is -1.39. The van der Waals surface area contributed by atoms with Crippen LogP contribution in [0.2, 0.25) is 0 Å². The van der Waals surface area contributed by atoms with Crippen molar-refractivity contribution >= 4 is 34.2 Å². The highest BCUT2D eigenvalue weighted by Crippen LogP contribution is 2.33. The normalized spacial score (nSPS) is 10.5. The van der Waals surface area contributed by atoms with Gasteiger partial charge < -0.3 is 5.73 Å². The summed E-state index contributed by atoms with van der Waals surface area (Å²) in [5.74, 6) is -1.01. The Bertz CT molecular complexity index is 466.